The molecule has 0 fully saturated rings. The summed E-state index contributed by atoms with van der Waals surface area (Å²) in [6.45, 7) is 0. The first-order chi connectivity index (χ1) is 13.0. The van der Waals surface area contributed by atoms with Gasteiger partial charge >= 0.3 is 5.97 Å². The molecule has 6 nitrogen and oxygen atoms in total. The van der Waals surface area contributed by atoms with Gasteiger partial charge in [0, 0.05) is 10.8 Å². The van der Waals surface area contributed by atoms with E-state index in [4.69, 9.17) is 4.42 Å². The molecule has 0 radical (unpaired) electrons. The monoisotopic (exact) mass is 381 g/mol. The molecule has 4 aromatic rings. The summed E-state index contributed by atoms with van der Waals surface area (Å²) in [5.41, 5.74) is 1.57. The number of sulfonamides is 1. The standard InChI is InChI=1S/C20H15NO5S/c22-20(23)19(13-6-2-1-3-7-13)21-27(24,25)14-10-11-18-16(12-14)15-8-4-5-9-17(15)26-18/h1-12,19,21H,(H,22,23). The van der Waals surface area contributed by atoms with Crippen molar-refractivity contribution in [2.75, 3.05) is 0 Å². The van der Waals surface area contributed by atoms with Gasteiger partial charge in [0.2, 0.25) is 10.0 Å². The Morgan fingerprint density at radius 3 is 2.30 bits per heavy atom. The average molecular weight is 381 g/mol. The molecule has 2 N–H and O–H groups in total. The van der Waals surface area contributed by atoms with Gasteiger partial charge in [-0.3, -0.25) is 4.79 Å². The number of rotatable bonds is 5. The predicted octanol–water partition coefficient (Wildman–Crippen LogP) is 3.69. The molecule has 136 valence electrons. The number of carboxylic acids is 1. The molecular weight excluding hydrogens is 366 g/mol. The number of fused-ring (bicyclic) bond motifs is 3. The second kappa shape index (κ2) is 6.53. The molecule has 0 aliphatic rings. The van der Waals surface area contributed by atoms with Crippen LogP contribution in [-0.4, -0.2) is 19.5 Å². The molecule has 0 bridgehead atoms. The van der Waals surface area contributed by atoms with Crippen molar-refractivity contribution >= 4 is 37.9 Å². The summed E-state index contributed by atoms with van der Waals surface area (Å²) in [5.74, 6) is -1.28. The maximum absolute atomic E-state index is 12.8. The van der Waals surface area contributed by atoms with Crippen molar-refractivity contribution in [3.63, 3.8) is 0 Å². The van der Waals surface area contributed by atoms with Crippen molar-refractivity contribution in [3.05, 3.63) is 78.4 Å². The Morgan fingerprint density at radius 2 is 1.56 bits per heavy atom. The third-order valence-electron chi connectivity index (χ3n) is 4.31. The number of para-hydroxylation sites is 1. The summed E-state index contributed by atoms with van der Waals surface area (Å²) >= 11 is 0. The highest BCUT2D eigenvalue weighted by molar-refractivity contribution is 7.89. The zero-order valence-corrected chi connectivity index (χ0v) is 14.8. The van der Waals surface area contributed by atoms with E-state index in [-0.39, 0.29) is 4.90 Å². The van der Waals surface area contributed by atoms with Crippen molar-refractivity contribution in [3.8, 4) is 0 Å². The lowest BCUT2D eigenvalue weighted by molar-refractivity contribution is -0.139. The highest BCUT2D eigenvalue weighted by Crippen LogP contribution is 2.30. The summed E-state index contributed by atoms with van der Waals surface area (Å²) in [5, 5.41) is 10.9. The molecular formula is C20H15NO5S. The first kappa shape index (κ1) is 17.3. The molecule has 3 aromatic carbocycles. The third kappa shape index (κ3) is 3.18. The van der Waals surface area contributed by atoms with Crippen molar-refractivity contribution in [1.29, 1.82) is 0 Å². The van der Waals surface area contributed by atoms with E-state index in [1.165, 1.54) is 12.1 Å². The molecule has 1 atom stereocenters. The molecule has 0 spiro atoms. The number of hydrogen-bond acceptors (Lipinski definition) is 4. The van der Waals surface area contributed by atoms with Gasteiger partial charge in [-0.2, -0.15) is 4.72 Å². The summed E-state index contributed by atoms with van der Waals surface area (Å²) in [4.78, 5) is 11.6. The molecule has 1 aromatic heterocycles. The molecule has 0 saturated heterocycles. The number of furan rings is 1. The molecule has 1 unspecified atom stereocenters. The first-order valence-electron chi connectivity index (χ1n) is 8.17. The zero-order chi connectivity index (χ0) is 19.0. The second-order valence-electron chi connectivity index (χ2n) is 6.06. The van der Waals surface area contributed by atoms with Crippen LogP contribution in [0.4, 0.5) is 0 Å². The van der Waals surface area contributed by atoms with Crippen LogP contribution in [0.2, 0.25) is 0 Å². The van der Waals surface area contributed by atoms with Crippen LogP contribution in [0.15, 0.2) is 82.1 Å². The van der Waals surface area contributed by atoms with Crippen LogP contribution in [0.25, 0.3) is 21.9 Å². The van der Waals surface area contributed by atoms with E-state index >= 15 is 0 Å². The smallest absolute Gasteiger partial charge is 0.326 e. The van der Waals surface area contributed by atoms with E-state index in [1.54, 1.807) is 42.5 Å². The quantitative estimate of drug-likeness (QED) is 0.550. The fourth-order valence-corrected chi connectivity index (χ4v) is 4.21. The van der Waals surface area contributed by atoms with Gasteiger partial charge in [0.05, 0.1) is 4.90 Å². The van der Waals surface area contributed by atoms with Crippen LogP contribution in [0, 0.1) is 0 Å². The molecule has 7 heteroatoms. The number of hydrogen-bond donors (Lipinski definition) is 2. The molecule has 0 saturated carbocycles. The summed E-state index contributed by atoms with van der Waals surface area (Å²) in [6, 6.07) is 18.6. The first-order valence-corrected chi connectivity index (χ1v) is 9.65. The van der Waals surface area contributed by atoms with E-state index < -0.39 is 22.0 Å². The highest BCUT2D eigenvalue weighted by Gasteiger charge is 2.27. The van der Waals surface area contributed by atoms with Gasteiger partial charge in [-0.05, 0) is 29.8 Å². The molecule has 1 heterocycles. The van der Waals surface area contributed by atoms with Gasteiger partial charge in [-0.15, -0.1) is 0 Å². The van der Waals surface area contributed by atoms with Crippen LogP contribution in [0.1, 0.15) is 11.6 Å². The van der Waals surface area contributed by atoms with Crippen LogP contribution in [-0.2, 0) is 14.8 Å². The minimum atomic E-state index is -4.06. The average Bonchev–Trinajstić information content (AvgIpc) is 3.04. The number of carboxylic acid groups (broad SMARTS) is 1. The van der Waals surface area contributed by atoms with Gasteiger partial charge < -0.3 is 9.52 Å². The minimum Gasteiger partial charge on any atom is -0.480 e. The Labute approximate surface area is 155 Å². The third-order valence-corrected chi connectivity index (χ3v) is 5.73. The van der Waals surface area contributed by atoms with Crippen molar-refractivity contribution in [2.45, 2.75) is 10.9 Å². The Kier molecular flexibility index (Phi) is 4.18. The lowest BCUT2D eigenvalue weighted by Gasteiger charge is -2.15. The SMILES string of the molecule is O=C(O)C(NS(=O)(=O)c1ccc2oc3ccccc3c2c1)c1ccccc1. The Bertz CT molecular complexity index is 1250. The molecule has 0 amide bonds. The largest absolute Gasteiger partial charge is 0.480 e. The summed E-state index contributed by atoms with van der Waals surface area (Å²) in [7, 11) is -4.06. The van der Waals surface area contributed by atoms with Gasteiger partial charge in [0.1, 0.15) is 17.2 Å². The molecule has 0 aliphatic heterocycles. The maximum atomic E-state index is 12.8. The predicted molar refractivity (Wildman–Crippen MR) is 101 cm³/mol. The van der Waals surface area contributed by atoms with Gasteiger partial charge in [0.25, 0.3) is 0 Å². The Balaban J connectivity index is 1.77. The van der Waals surface area contributed by atoms with Gasteiger partial charge in [0.15, 0.2) is 0 Å². The Morgan fingerprint density at radius 1 is 0.889 bits per heavy atom. The number of carbonyl (C=O) groups is 1. The molecule has 27 heavy (non-hydrogen) atoms. The fourth-order valence-electron chi connectivity index (χ4n) is 3.00. The number of benzene rings is 3. The summed E-state index contributed by atoms with van der Waals surface area (Å²) < 4.78 is 33.6. The lowest BCUT2D eigenvalue weighted by atomic mass is 10.1. The van der Waals surface area contributed by atoms with E-state index in [0.29, 0.717) is 22.1 Å². The van der Waals surface area contributed by atoms with Crippen LogP contribution in [0.5, 0.6) is 0 Å². The van der Waals surface area contributed by atoms with Crippen molar-refractivity contribution < 1.29 is 22.7 Å². The maximum Gasteiger partial charge on any atom is 0.326 e. The Hall–Kier alpha value is -3.16. The summed E-state index contributed by atoms with van der Waals surface area (Å²) in [6.07, 6.45) is 0. The van der Waals surface area contributed by atoms with Crippen LogP contribution < -0.4 is 4.72 Å². The topological polar surface area (TPSA) is 96.6 Å². The van der Waals surface area contributed by atoms with E-state index in [9.17, 15) is 18.3 Å². The minimum absolute atomic E-state index is 0.0243. The van der Waals surface area contributed by atoms with E-state index in [0.717, 1.165) is 5.39 Å². The lowest BCUT2D eigenvalue weighted by Crippen LogP contribution is -2.33. The van der Waals surface area contributed by atoms with Gasteiger partial charge in [-0.1, -0.05) is 48.5 Å². The van der Waals surface area contributed by atoms with Crippen LogP contribution in [0.3, 0.4) is 0 Å². The molecule has 0 aliphatic carbocycles. The number of nitrogens with one attached hydrogen (secondary N) is 1. The van der Waals surface area contributed by atoms with E-state index in [2.05, 4.69) is 4.72 Å². The zero-order valence-electron chi connectivity index (χ0n) is 14.0. The van der Waals surface area contributed by atoms with Crippen molar-refractivity contribution in [2.24, 2.45) is 0 Å². The van der Waals surface area contributed by atoms with Crippen LogP contribution >= 0.6 is 0 Å². The molecule has 4 rings (SSSR count). The van der Waals surface area contributed by atoms with Gasteiger partial charge in [-0.25, -0.2) is 8.42 Å². The fraction of sp³-hybridized carbons (Fsp3) is 0.0500. The normalized spacial score (nSPS) is 13.0. The number of aliphatic carboxylic acids is 1. The highest BCUT2D eigenvalue weighted by atomic mass is 32.2. The van der Waals surface area contributed by atoms with E-state index in [1.807, 2.05) is 18.2 Å². The second-order valence-corrected chi connectivity index (χ2v) is 7.77. The van der Waals surface area contributed by atoms with Crippen molar-refractivity contribution in [1.82, 2.24) is 4.72 Å².